The minimum atomic E-state index is -1.29. The van der Waals surface area contributed by atoms with Crippen molar-refractivity contribution in [3.8, 4) is 0 Å². The Morgan fingerprint density at radius 3 is 2.39 bits per heavy atom. The Balaban J connectivity index is 1.98. The molecule has 5 heteroatoms. The van der Waals surface area contributed by atoms with Crippen LogP contribution in [0.1, 0.15) is 31.2 Å². The third-order valence-corrected chi connectivity index (χ3v) is 6.15. The van der Waals surface area contributed by atoms with Crippen molar-refractivity contribution >= 4 is 10.8 Å². The lowest BCUT2D eigenvalue weighted by Gasteiger charge is -2.36. The van der Waals surface area contributed by atoms with E-state index in [1.807, 2.05) is 0 Å². The third kappa shape index (κ3) is 1.80. The van der Waals surface area contributed by atoms with Gasteiger partial charge in [0.25, 0.3) is 0 Å². The van der Waals surface area contributed by atoms with E-state index >= 15 is 0 Å². The smallest absolute Gasteiger partial charge is 0.132 e. The van der Waals surface area contributed by atoms with Gasteiger partial charge in [0.1, 0.15) is 11.6 Å². The summed E-state index contributed by atoms with van der Waals surface area (Å²) in [4.78, 5) is 0. The maximum Gasteiger partial charge on any atom is 0.132 e. The minimum Gasteiger partial charge on any atom is -0.385 e. The Morgan fingerprint density at radius 2 is 1.83 bits per heavy atom. The molecule has 2 aliphatic rings. The predicted octanol–water partition coefficient (Wildman–Crippen LogP) is 2.23. The number of hydrogen-bond donors (Lipinski definition) is 1. The molecule has 1 N–H and O–H groups in total. The molecule has 98 valence electrons. The standard InChI is InChI=1S/C13H14F2O2S/c14-8-1-4-11(12(15)5-8)13(16)6-9-2-3-10(7-13)18(9)17/h1,4-5,9-10,16H,2-3,6-7H2. The topological polar surface area (TPSA) is 37.3 Å². The molecular weight excluding hydrogens is 258 g/mol. The van der Waals surface area contributed by atoms with Gasteiger partial charge in [0.2, 0.25) is 0 Å². The van der Waals surface area contributed by atoms with E-state index in [1.165, 1.54) is 6.07 Å². The third-order valence-electron chi connectivity index (χ3n) is 4.03. The largest absolute Gasteiger partial charge is 0.385 e. The molecule has 2 aliphatic heterocycles. The van der Waals surface area contributed by atoms with Crippen LogP contribution in [-0.4, -0.2) is 19.8 Å². The van der Waals surface area contributed by atoms with E-state index in [0.717, 1.165) is 25.0 Å². The van der Waals surface area contributed by atoms with Crippen molar-refractivity contribution in [3.05, 3.63) is 35.4 Å². The highest BCUT2D eigenvalue weighted by Crippen LogP contribution is 2.46. The Bertz CT molecular complexity index is 502. The van der Waals surface area contributed by atoms with Crippen LogP contribution in [-0.2, 0) is 16.4 Å². The quantitative estimate of drug-likeness (QED) is 0.851. The van der Waals surface area contributed by atoms with Gasteiger partial charge in [-0.3, -0.25) is 4.21 Å². The van der Waals surface area contributed by atoms with Crippen molar-refractivity contribution in [1.29, 1.82) is 0 Å². The van der Waals surface area contributed by atoms with E-state index < -0.39 is 28.0 Å². The highest BCUT2D eigenvalue weighted by molar-refractivity contribution is 7.86. The zero-order chi connectivity index (χ0) is 12.9. The molecule has 0 spiro atoms. The summed E-state index contributed by atoms with van der Waals surface area (Å²) < 4.78 is 38.6. The van der Waals surface area contributed by atoms with Crippen LogP contribution in [0.25, 0.3) is 0 Å². The van der Waals surface area contributed by atoms with E-state index in [9.17, 15) is 18.1 Å². The number of fused-ring (bicyclic) bond motifs is 2. The Labute approximate surface area is 106 Å². The maximum absolute atomic E-state index is 13.8. The molecule has 0 radical (unpaired) electrons. The lowest BCUT2D eigenvalue weighted by atomic mass is 9.85. The predicted molar refractivity (Wildman–Crippen MR) is 64.4 cm³/mol. The summed E-state index contributed by atoms with van der Waals surface area (Å²) in [6, 6.07) is 3.25. The van der Waals surface area contributed by atoms with Crippen LogP contribution in [0, 0.1) is 11.6 Å². The van der Waals surface area contributed by atoms with E-state index in [0.29, 0.717) is 12.8 Å². The average Bonchev–Trinajstić information content (AvgIpc) is 2.53. The monoisotopic (exact) mass is 272 g/mol. The molecule has 3 rings (SSSR count). The highest BCUT2D eigenvalue weighted by atomic mass is 32.2. The van der Waals surface area contributed by atoms with Crippen LogP contribution in [0.3, 0.4) is 0 Å². The first-order valence-corrected chi connectivity index (χ1v) is 7.34. The number of hydrogen-bond acceptors (Lipinski definition) is 2. The molecule has 2 nitrogen and oxygen atoms in total. The second kappa shape index (κ2) is 4.10. The number of benzene rings is 1. The molecule has 1 aromatic rings. The van der Waals surface area contributed by atoms with Crippen molar-refractivity contribution in [2.75, 3.05) is 0 Å². The van der Waals surface area contributed by atoms with Gasteiger partial charge >= 0.3 is 0 Å². The van der Waals surface area contributed by atoms with E-state index in [-0.39, 0.29) is 16.1 Å². The van der Waals surface area contributed by atoms with Crippen molar-refractivity contribution in [3.63, 3.8) is 0 Å². The van der Waals surface area contributed by atoms with Crippen LogP contribution in [0.15, 0.2) is 18.2 Å². The Morgan fingerprint density at radius 1 is 1.22 bits per heavy atom. The van der Waals surface area contributed by atoms with E-state index in [2.05, 4.69) is 0 Å². The molecule has 18 heavy (non-hydrogen) atoms. The summed E-state index contributed by atoms with van der Waals surface area (Å²) in [7, 11) is -0.906. The van der Waals surface area contributed by atoms with Crippen molar-refractivity contribution in [2.45, 2.75) is 41.8 Å². The van der Waals surface area contributed by atoms with Crippen LogP contribution < -0.4 is 0 Å². The number of rotatable bonds is 1. The van der Waals surface area contributed by atoms with Crippen molar-refractivity contribution < 1.29 is 18.1 Å². The first-order valence-electron chi connectivity index (χ1n) is 6.07. The molecule has 2 atom stereocenters. The summed E-state index contributed by atoms with van der Waals surface area (Å²) in [5.74, 6) is -1.37. The normalized spacial score (nSPS) is 38.9. The van der Waals surface area contributed by atoms with Gasteiger partial charge < -0.3 is 5.11 Å². The molecule has 0 saturated carbocycles. The maximum atomic E-state index is 13.8. The van der Waals surface area contributed by atoms with Gasteiger partial charge in [0, 0.05) is 32.9 Å². The molecule has 1 aromatic carbocycles. The average molecular weight is 272 g/mol. The fourth-order valence-electron chi connectivity index (χ4n) is 3.17. The second-order valence-electron chi connectivity index (χ2n) is 5.21. The number of aliphatic hydroxyl groups is 1. The highest BCUT2D eigenvalue weighted by Gasteiger charge is 2.49. The van der Waals surface area contributed by atoms with Crippen LogP contribution in [0.4, 0.5) is 8.78 Å². The van der Waals surface area contributed by atoms with Crippen LogP contribution in [0.5, 0.6) is 0 Å². The molecule has 0 aliphatic carbocycles. The molecular formula is C13H14F2O2S. The molecule has 2 bridgehead atoms. The first kappa shape index (κ1) is 12.2. The van der Waals surface area contributed by atoms with Gasteiger partial charge in [-0.05, 0) is 31.7 Å². The van der Waals surface area contributed by atoms with E-state index in [1.54, 1.807) is 0 Å². The zero-order valence-electron chi connectivity index (χ0n) is 9.73. The molecule has 2 unspecified atom stereocenters. The van der Waals surface area contributed by atoms with Crippen molar-refractivity contribution in [2.24, 2.45) is 0 Å². The second-order valence-corrected chi connectivity index (χ2v) is 7.20. The number of halogens is 2. The van der Waals surface area contributed by atoms with Gasteiger partial charge in [-0.15, -0.1) is 0 Å². The fraction of sp³-hybridized carbons (Fsp3) is 0.538. The van der Waals surface area contributed by atoms with Gasteiger partial charge in [-0.2, -0.15) is 0 Å². The summed E-state index contributed by atoms with van der Waals surface area (Å²) in [5, 5.41) is 10.5. The van der Waals surface area contributed by atoms with Gasteiger partial charge in [-0.1, -0.05) is 6.07 Å². The molecule has 2 fully saturated rings. The van der Waals surface area contributed by atoms with Crippen molar-refractivity contribution in [1.82, 2.24) is 0 Å². The summed E-state index contributed by atoms with van der Waals surface area (Å²) in [5.41, 5.74) is -1.16. The summed E-state index contributed by atoms with van der Waals surface area (Å²) in [6.45, 7) is 0. The fourth-order valence-corrected chi connectivity index (χ4v) is 5.33. The van der Waals surface area contributed by atoms with Gasteiger partial charge in [0.15, 0.2) is 0 Å². The Hall–Kier alpha value is -0.810. The minimum absolute atomic E-state index is 0.0572. The van der Waals surface area contributed by atoms with Crippen LogP contribution in [0.2, 0.25) is 0 Å². The van der Waals surface area contributed by atoms with Gasteiger partial charge in [-0.25, -0.2) is 8.78 Å². The first-order chi connectivity index (χ1) is 8.49. The lowest BCUT2D eigenvalue weighted by Crippen LogP contribution is -2.40. The SMILES string of the molecule is O=S1C2CCC1CC(O)(c1ccc(F)cc1F)C2. The zero-order valence-corrected chi connectivity index (χ0v) is 10.6. The molecule has 2 heterocycles. The molecule has 2 saturated heterocycles. The Kier molecular flexibility index (Phi) is 2.79. The van der Waals surface area contributed by atoms with Gasteiger partial charge in [0.05, 0.1) is 5.60 Å². The molecule has 0 aromatic heterocycles. The summed E-state index contributed by atoms with van der Waals surface area (Å²) in [6.07, 6.45) is 2.25. The molecule has 0 amide bonds. The van der Waals surface area contributed by atoms with Crippen LogP contribution >= 0.6 is 0 Å². The lowest BCUT2D eigenvalue weighted by molar-refractivity contribution is 0.0150. The summed E-state index contributed by atoms with van der Waals surface area (Å²) >= 11 is 0. The van der Waals surface area contributed by atoms with E-state index in [4.69, 9.17) is 0 Å².